The van der Waals surface area contributed by atoms with Crippen molar-refractivity contribution in [1.29, 1.82) is 0 Å². The fourth-order valence-electron chi connectivity index (χ4n) is 4.83. The highest BCUT2D eigenvalue weighted by Crippen LogP contribution is 2.26. The number of carbonyl (C=O) groups is 2. The largest absolute Gasteiger partial charge is 0.444 e. The highest BCUT2D eigenvalue weighted by atomic mass is 16.6. The second-order valence-corrected chi connectivity index (χ2v) is 11.3. The third-order valence-electron chi connectivity index (χ3n) is 6.94. The van der Waals surface area contributed by atoms with E-state index in [0.717, 1.165) is 24.0 Å². The Hall–Kier alpha value is -3.41. The summed E-state index contributed by atoms with van der Waals surface area (Å²) in [7, 11) is 3.91. The summed E-state index contributed by atoms with van der Waals surface area (Å²) < 4.78 is 7.81. The molecule has 1 atom stereocenters. The molecular formula is C27H43N9O3. The first-order chi connectivity index (χ1) is 18.6. The van der Waals surface area contributed by atoms with E-state index in [0.29, 0.717) is 50.9 Å². The monoisotopic (exact) mass is 541 g/mol. The average molecular weight is 542 g/mol. The number of aromatic nitrogens is 4. The molecule has 0 aliphatic carbocycles. The zero-order chi connectivity index (χ0) is 28.1. The number of hydrogen-bond donors (Lipinski definition) is 2. The lowest BCUT2D eigenvalue weighted by molar-refractivity contribution is -0.125. The molecule has 2 aromatic rings. The molecular weight excluding hydrogens is 498 g/mol. The second kappa shape index (κ2) is 12.6. The average Bonchev–Trinajstić information content (AvgIpc) is 3.51. The molecule has 4 rings (SSSR count). The van der Waals surface area contributed by atoms with E-state index in [2.05, 4.69) is 43.3 Å². The Morgan fingerprint density at radius 3 is 2.49 bits per heavy atom. The highest BCUT2D eigenvalue weighted by molar-refractivity contribution is 5.88. The van der Waals surface area contributed by atoms with E-state index >= 15 is 0 Å². The number of likely N-dealkylation sites (tertiary alicyclic amines) is 2. The number of anilines is 2. The quantitative estimate of drug-likeness (QED) is 0.462. The van der Waals surface area contributed by atoms with Gasteiger partial charge >= 0.3 is 6.09 Å². The van der Waals surface area contributed by atoms with Crippen LogP contribution in [0.2, 0.25) is 0 Å². The maximum Gasteiger partial charge on any atom is 0.410 e. The smallest absolute Gasteiger partial charge is 0.410 e. The first kappa shape index (κ1) is 28.6. The standard InChI is InChI=1S/C27H43N9O3/c1-18(2)29-26-31-24(23-25(32-26)36(17-28-23)19(3)4)30-20-9-13-34(14-10-20)27(38)39-21-11-15-35(16-21)22(37)8-7-12-33(5)6/h7-8,17-21H,9-16H2,1-6H3,(H2,29,30,31,32)/b8-7+/t21-/m1/s1. The van der Waals surface area contributed by atoms with Gasteiger partial charge in [-0.05, 0) is 54.6 Å². The molecule has 0 bridgehead atoms. The van der Waals surface area contributed by atoms with Crippen molar-refractivity contribution in [1.82, 2.24) is 34.2 Å². The lowest BCUT2D eigenvalue weighted by atomic mass is 10.1. The van der Waals surface area contributed by atoms with Crippen LogP contribution in [-0.4, -0.2) is 111 Å². The number of imidazole rings is 1. The third kappa shape index (κ3) is 7.37. The number of rotatable bonds is 9. The molecule has 12 nitrogen and oxygen atoms in total. The van der Waals surface area contributed by atoms with Crippen LogP contribution in [0.15, 0.2) is 18.5 Å². The number of nitrogens with zero attached hydrogens (tertiary/aromatic N) is 7. The highest BCUT2D eigenvalue weighted by Gasteiger charge is 2.31. The molecule has 2 aliphatic rings. The number of hydrogen-bond acceptors (Lipinski definition) is 9. The van der Waals surface area contributed by atoms with Gasteiger partial charge in [0.05, 0.1) is 12.9 Å². The van der Waals surface area contributed by atoms with Gasteiger partial charge in [-0.15, -0.1) is 0 Å². The summed E-state index contributed by atoms with van der Waals surface area (Å²) in [6.45, 7) is 11.2. The lowest BCUT2D eigenvalue weighted by Gasteiger charge is -2.32. The summed E-state index contributed by atoms with van der Waals surface area (Å²) in [6.07, 6.45) is 6.89. The van der Waals surface area contributed by atoms with Crippen LogP contribution in [0.25, 0.3) is 11.2 Å². The first-order valence-electron chi connectivity index (χ1n) is 13.9. The van der Waals surface area contributed by atoms with E-state index < -0.39 is 0 Å². The number of carbonyl (C=O) groups excluding carboxylic acids is 2. The summed E-state index contributed by atoms with van der Waals surface area (Å²) in [5.74, 6) is 1.24. The van der Waals surface area contributed by atoms with Gasteiger partial charge in [0.1, 0.15) is 6.10 Å². The van der Waals surface area contributed by atoms with Gasteiger partial charge in [0.25, 0.3) is 0 Å². The fourth-order valence-corrected chi connectivity index (χ4v) is 4.83. The lowest BCUT2D eigenvalue weighted by Crippen LogP contribution is -2.44. The first-order valence-corrected chi connectivity index (χ1v) is 13.9. The zero-order valence-corrected chi connectivity index (χ0v) is 24.1. The Morgan fingerprint density at radius 2 is 1.82 bits per heavy atom. The van der Waals surface area contributed by atoms with Gasteiger partial charge in [-0.2, -0.15) is 9.97 Å². The SMILES string of the molecule is CC(C)Nc1nc(NC2CCN(C(=O)O[C@@H]3CCN(C(=O)/C=C/CN(C)C)C3)CC2)c2ncn(C(C)C)c2n1. The Morgan fingerprint density at radius 1 is 1.10 bits per heavy atom. The van der Waals surface area contributed by atoms with Crippen LogP contribution in [0.5, 0.6) is 0 Å². The summed E-state index contributed by atoms with van der Waals surface area (Å²) in [5.41, 5.74) is 1.54. The molecule has 2 fully saturated rings. The molecule has 2 N–H and O–H groups in total. The van der Waals surface area contributed by atoms with E-state index in [1.54, 1.807) is 15.9 Å². The molecule has 0 spiro atoms. The predicted molar refractivity (Wildman–Crippen MR) is 152 cm³/mol. The van der Waals surface area contributed by atoms with Gasteiger partial charge in [-0.1, -0.05) is 6.08 Å². The number of likely N-dealkylation sites (N-methyl/N-ethyl adjacent to an activating group) is 1. The summed E-state index contributed by atoms with van der Waals surface area (Å²) >= 11 is 0. The minimum absolute atomic E-state index is 0.0360. The van der Waals surface area contributed by atoms with Crippen LogP contribution in [0.3, 0.4) is 0 Å². The Bertz CT molecular complexity index is 1170. The molecule has 214 valence electrons. The number of amides is 2. The summed E-state index contributed by atoms with van der Waals surface area (Å²) in [5, 5.41) is 6.87. The Balaban J connectivity index is 1.30. The van der Waals surface area contributed by atoms with Crippen LogP contribution in [0.4, 0.5) is 16.6 Å². The van der Waals surface area contributed by atoms with Crippen LogP contribution >= 0.6 is 0 Å². The molecule has 2 saturated heterocycles. The second-order valence-electron chi connectivity index (χ2n) is 11.3. The van der Waals surface area contributed by atoms with Crippen molar-refractivity contribution < 1.29 is 14.3 Å². The topological polar surface area (TPSA) is 121 Å². The molecule has 0 aromatic carbocycles. The Labute approximate surface area is 230 Å². The summed E-state index contributed by atoms with van der Waals surface area (Å²) in [4.78, 5) is 44.8. The number of fused-ring (bicyclic) bond motifs is 1. The minimum Gasteiger partial charge on any atom is -0.444 e. The van der Waals surface area contributed by atoms with Crippen molar-refractivity contribution in [3.8, 4) is 0 Å². The van der Waals surface area contributed by atoms with Gasteiger partial charge < -0.3 is 34.6 Å². The number of nitrogens with one attached hydrogen (secondary N) is 2. The normalized spacial score (nSPS) is 18.7. The van der Waals surface area contributed by atoms with Crippen molar-refractivity contribution in [2.24, 2.45) is 0 Å². The minimum atomic E-state index is -0.306. The van der Waals surface area contributed by atoms with E-state index in [1.807, 2.05) is 36.0 Å². The van der Waals surface area contributed by atoms with Gasteiger partial charge in [-0.3, -0.25) is 4.79 Å². The third-order valence-corrected chi connectivity index (χ3v) is 6.94. The molecule has 39 heavy (non-hydrogen) atoms. The maximum absolute atomic E-state index is 12.8. The predicted octanol–water partition coefficient (Wildman–Crippen LogP) is 2.96. The molecule has 2 aromatic heterocycles. The van der Waals surface area contributed by atoms with Gasteiger partial charge in [0, 0.05) is 56.8 Å². The van der Waals surface area contributed by atoms with Crippen molar-refractivity contribution in [3.63, 3.8) is 0 Å². The van der Waals surface area contributed by atoms with Gasteiger partial charge in [0.2, 0.25) is 11.9 Å². The summed E-state index contributed by atoms with van der Waals surface area (Å²) in [6, 6.07) is 0.574. The van der Waals surface area contributed by atoms with Gasteiger partial charge in [0.15, 0.2) is 17.0 Å². The molecule has 4 heterocycles. The fraction of sp³-hybridized carbons (Fsp3) is 0.667. The molecule has 12 heteroatoms. The molecule has 2 amide bonds. The van der Waals surface area contributed by atoms with Crippen LogP contribution in [0.1, 0.15) is 53.0 Å². The molecule has 0 saturated carbocycles. The van der Waals surface area contributed by atoms with Gasteiger partial charge in [-0.25, -0.2) is 9.78 Å². The maximum atomic E-state index is 12.8. The Kier molecular flexibility index (Phi) is 9.26. The zero-order valence-electron chi connectivity index (χ0n) is 24.1. The number of piperidine rings is 1. The van der Waals surface area contributed by atoms with Crippen molar-refractivity contribution in [3.05, 3.63) is 18.5 Å². The van der Waals surface area contributed by atoms with Crippen molar-refractivity contribution in [2.75, 3.05) is 57.5 Å². The van der Waals surface area contributed by atoms with Crippen LogP contribution < -0.4 is 10.6 Å². The molecule has 0 radical (unpaired) electrons. The van der Waals surface area contributed by atoms with Crippen LogP contribution in [-0.2, 0) is 9.53 Å². The van der Waals surface area contributed by atoms with E-state index in [9.17, 15) is 9.59 Å². The van der Waals surface area contributed by atoms with Crippen molar-refractivity contribution in [2.45, 2.75) is 71.2 Å². The van der Waals surface area contributed by atoms with E-state index in [-0.39, 0.29) is 36.2 Å². The van der Waals surface area contributed by atoms with E-state index in [4.69, 9.17) is 14.7 Å². The molecule has 0 unspecified atom stereocenters. The van der Waals surface area contributed by atoms with E-state index in [1.165, 1.54) is 0 Å². The van der Waals surface area contributed by atoms with Crippen molar-refractivity contribution >= 4 is 34.9 Å². The molecule has 2 aliphatic heterocycles. The number of ether oxygens (including phenoxy) is 1. The van der Waals surface area contributed by atoms with Crippen LogP contribution in [0, 0.1) is 0 Å².